The van der Waals surface area contributed by atoms with Crippen LogP contribution < -0.4 is 16.1 Å². The molecule has 23 saturated heterocycles. The van der Waals surface area contributed by atoms with E-state index in [4.69, 9.17) is 91.0 Å². The molecule has 16 unspecified atom stereocenters. The van der Waals surface area contributed by atoms with Crippen molar-refractivity contribution in [1.29, 1.82) is 0 Å². The van der Waals surface area contributed by atoms with E-state index < -0.39 is 333 Å². The molecule has 14 bridgehead atoms. The number of likely N-dealkylation sites (N-methyl/N-ethyl adjacent to an activating group) is 1. The zero-order valence-corrected chi connectivity index (χ0v) is 84.4. The zero-order chi connectivity index (χ0) is 107. The molecule has 0 aromatic carbocycles. The molecule has 28 N–H and O–H groups in total. The number of cyclic esters (lactones) is 1. The van der Waals surface area contributed by atoms with Crippen LogP contribution in [0.5, 0.6) is 0 Å². The number of aliphatic hydroxyl groups excluding tert-OH is 21. The Morgan fingerprint density at radius 3 is 1.29 bits per heavy atom. The Balaban J connectivity index is 0.000000426. The molecule has 0 saturated carbocycles. The summed E-state index contributed by atoms with van der Waals surface area (Å²) in [5, 5.41) is 266. The number of aromatic nitrogens is 1. The number of hydrogen-bond acceptors (Lipinski definition) is 52. The van der Waals surface area contributed by atoms with Crippen LogP contribution >= 0.6 is 42.4 Å². The van der Waals surface area contributed by atoms with E-state index >= 15 is 0 Å². The number of nitrogens with zero attached hydrogens (tertiary/aromatic N) is 1. The highest BCUT2D eigenvalue weighted by Crippen LogP contribution is 2.47. The Bertz CT molecular complexity index is 4290. The molecule has 24 heterocycles. The summed E-state index contributed by atoms with van der Waals surface area (Å²) in [7, 11) is -2.18. The molecule has 23 fully saturated rings. The van der Waals surface area contributed by atoms with Crippen molar-refractivity contribution in [2.24, 2.45) is 28.9 Å². The molecule has 53 nitrogen and oxygen atoms in total. The van der Waals surface area contributed by atoms with Crippen LogP contribution in [0.25, 0.3) is 6.08 Å². The van der Waals surface area contributed by atoms with Gasteiger partial charge in [-0.2, -0.15) is 23.5 Å². The number of aliphatic carboxylic acids is 2. The number of nitrogens with two attached hydrogens (primary N) is 1. The molecule has 0 aliphatic carbocycles. The minimum absolute atomic E-state index is 0.0283. The van der Waals surface area contributed by atoms with Crippen LogP contribution in [0.15, 0.2) is 11.0 Å². The van der Waals surface area contributed by atoms with Crippen molar-refractivity contribution in [3.05, 3.63) is 21.7 Å². The second-order valence-corrected chi connectivity index (χ2v) is 43.7. The third-order valence-corrected chi connectivity index (χ3v) is 32.0. The largest absolute Gasteiger partial charge is 0.481 e. The van der Waals surface area contributed by atoms with Crippen LogP contribution in [0.2, 0.25) is 0 Å². The molecule has 1 aromatic heterocycles. The van der Waals surface area contributed by atoms with Crippen LogP contribution in [0.4, 0.5) is 0 Å². The number of fused-ring (bicyclic) bond motifs is 1. The van der Waals surface area contributed by atoms with E-state index in [1.54, 1.807) is 20.8 Å². The summed E-state index contributed by atoms with van der Waals surface area (Å²) in [5.74, 6) is -7.83. The van der Waals surface area contributed by atoms with Gasteiger partial charge in [0.1, 0.15) is 193 Å². The maximum atomic E-state index is 13.3. The lowest BCUT2D eigenvalue weighted by atomic mass is 9.73. The number of epoxide rings is 1. The molecule has 57 heteroatoms. The monoisotopic (exact) mass is 2170 g/mol. The van der Waals surface area contributed by atoms with Crippen LogP contribution in [-0.4, -0.2) is 516 Å². The smallest absolute Gasteiger partial charge is 0.321 e. The van der Waals surface area contributed by atoms with Crippen molar-refractivity contribution >= 4 is 83.7 Å². The minimum Gasteiger partial charge on any atom is -0.481 e. The molecule has 45 atom stereocenters. The zero-order valence-electron chi connectivity index (χ0n) is 81.1. The number of carboxylic acids is 2. The van der Waals surface area contributed by atoms with Gasteiger partial charge in [-0.25, -0.2) is 10.1 Å². The van der Waals surface area contributed by atoms with Crippen molar-refractivity contribution in [1.82, 2.24) is 15.4 Å². The first kappa shape index (κ1) is 123. The summed E-state index contributed by atoms with van der Waals surface area (Å²) in [4.78, 5) is 89.5. The lowest BCUT2D eigenvalue weighted by Gasteiger charge is -2.50. The molecule has 24 rings (SSSR count). The highest BCUT2D eigenvalue weighted by molar-refractivity contribution is 7.99. The molecule has 0 amide bonds. The number of thiazole rings is 1. The number of carboxylic acid groups (broad SMARTS) is 2. The predicted octanol–water partition coefficient (Wildman–Crippen LogP) is -9.61. The number of Topliss-reactive ketones (excluding diaryl/α,β-unsaturated/α-hetero) is 3. The number of hydrogen-bond donors (Lipinski definition) is 27. The van der Waals surface area contributed by atoms with Gasteiger partial charge in [-0.15, -0.1) is 11.3 Å². The summed E-state index contributed by atoms with van der Waals surface area (Å²) in [6, 6.07) is -1.18. The number of ether oxygens (including phenoxy) is 18. The van der Waals surface area contributed by atoms with Crippen molar-refractivity contribution in [3.63, 3.8) is 0 Å². The number of rotatable bonds is 34. The van der Waals surface area contributed by atoms with Gasteiger partial charge in [-0.05, 0) is 58.2 Å². The maximum absolute atomic E-state index is 13.3. The molecule has 145 heavy (non-hydrogen) atoms. The van der Waals surface area contributed by atoms with Gasteiger partial charge in [0.05, 0.1) is 132 Å². The van der Waals surface area contributed by atoms with Gasteiger partial charge in [-0.1, -0.05) is 34.1 Å². The Kier molecular flexibility index (Phi) is 47.4. The number of ketones is 3. The van der Waals surface area contributed by atoms with Gasteiger partial charge in [0.2, 0.25) is 0 Å². The number of aliphatic hydroxyl groups is 21. The van der Waals surface area contributed by atoms with Crippen LogP contribution in [0.3, 0.4) is 0 Å². The maximum Gasteiger partial charge on any atom is 0.321 e. The average molecular weight is 2170 g/mol. The molecule has 0 radical (unpaired) electrons. The summed E-state index contributed by atoms with van der Waals surface area (Å²) in [6.07, 6.45) is -71.9. The first-order valence-electron chi connectivity index (χ1n) is 47.9. The fourth-order valence-corrected chi connectivity index (χ4v) is 22.2. The molecule has 23 aliphatic heterocycles. The first-order chi connectivity index (χ1) is 68.5. The second kappa shape index (κ2) is 55.9. The van der Waals surface area contributed by atoms with Gasteiger partial charge >= 0.3 is 17.9 Å². The summed E-state index contributed by atoms with van der Waals surface area (Å²) < 4.78 is 117. The van der Waals surface area contributed by atoms with Crippen molar-refractivity contribution in [2.45, 2.75) is 357 Å². The van der Waals surface area contributed by atoms with Gasteiger partial charge < -0.3 is 219 Å². The van der Waals surface area contributed by atoms with E-state index in [0.29, 0.717) is 17.1 Å². The van der Waals surface area contributed by atoms with Gasteiger partial charge in [0, 0.05) is 66.5 Å². The fraction of sp³-hybridized carbons (Fsp3) is 0.875. The van der Waals surface area contributed by atoms with Gasteiger partial charge in [-0.3, -0.25) is 33.3 Å². The number of thioether (sulfide) groups is 2. The topological polar surface area (TPSA) is 837 Å². The van der Waals surface area contributed by atoms with Crippen LogP contribution in [-0.2, 0) is 125 Å². The van der Waals surface area contributed by atoms with Gasteiger partial charge in [0.15, 0.2) is 44.0 Å². The SMILES string of the molecule is C/C(=C\c1csc(CNP(=O)(O)CCN)n1)C1C[C@H]2O[C@@]2(C)CCC[C@@H](C)[C@@H](O)[C@H](C)C(=O)C(C)(C)[C@H](O)CC(=O)O1.CN[C@H](CSCC1O[C@H]2O[C@@H]3C(CO)O[C@H](O[C@@H]4C(CO)O[C@H](O[C@@H]5C(CO)O[C@@H](O[C@@H]6C(CSC[C@@H](CC(=O)CCOCCOCCC(C)=O)C(=O)O)O[C@H](O[C@@H]7C(CO)O[C@@H](O[C@@H]8C(CO)O[C@@H](O[C@H]1[C@H](O)C2O)C(O)[C@H]8O)C(O)[C@H]7O)C(O)[C@H]6O)C(O)[C@H]5O)C(O)[C@H]4O)C(O)[C@H]3O)C(=O)O. The molecular formula is C88H145N4O49PS3. The summed E-state index contributed by atoms with van der Waals surface area (Å²) in [6.45, 7) is 6.98. The number of nitrogens with one attached hydrogen (secondary N) is 2. The lowest BCUT2D eigenvalue weighted by Crippen LogP contribution is -2.68. The van der Waals surface area contributed by atoms with Crippen molar-refractivity contribution in [2.75, 3.05) is 102 Å². The third-order valence-electron chi connectivity index (χ3n) is 27.3. The van der Waals surface area contributed by atoms with E-state index in [1.807, 2.05) is 32.2 Å². The number of carbonyl (C=O) groups is 6. The second-order valence-electron chi connectivity index (χ2n) is 38.4. The van der Waals surface area contributed by atoms with Crippen LogP contribution in [0, 0.1) is 23.2 Å². The fourth-order valence-electron chi connectivity index (χ4n) is 18.2. The molecular weight excluding hydrogens is 2020 g/mol. The Labute approximate surface area is 846 Å². The summed E-state index contributed by atoms with van der Waals surface area (Å²) in [5.41, 5.74) is 5.11. The Morgan fingerprint density at radius 1 is 0.545 bits per heavy atom. The molecule has 834 valence electrons. The highest BCUT2D eigenvalue weighted by Gasteiger charge is 2.61. The predicted molar refractivity (Wildman–Crippen MR) is 493 cm³/mol. The van der Waals surface area contributed by atoms with Crippen molar-refractivity contribution < 1.29 is 241 Å². The van der Waals surface area contributed by atoms with Crippen LogP contribution in [0.1, 0.15) is 111 Å². The quantitative estimate of drug-likeness (QED) is 0.0132. The highest BCUT2D eigenvalue weighted by atomic mass is 32.2. The Hall–Kier alpha value is -3.96. The number of esters is 1. The average Bonchev–Trinajstić information content (AvgIpc) is 1.73. The van der Waals surface area contributed by atoms with Gasteiger partial charge in [0.25, 0.3) is 7.52 Å². The van der Waals surface area contributed by atoms with E-state index in [-0.39, 0.29) is 111 Å². The summed E-state index contributed by atoms with van der Waals surface area (Å²) >= 11 is 3.00. The third kappa shape index (κ3) is 31.7. The lowest BCUT2D eigenvalue weighted by molar-refractivity contribution is -0.395. The molecule has 0 spiro atoms. The normalized spacial score (nSPS) is 42.0. The Morgan fingerprint density at radius 2 is 0.924 bits per heavy atom. The van der Waals surface area contributed by atoms with Crippen molar-refractivity contribution in [3.8, 4) is 0 Å². The minimum atomic E-state index is -3.53. The molecule has 23 aliphatic rings. The van der Waals surface area contributed by atoms with E-state index in [0.717, 1.165) is 48.4 Å². The van der Waals surface area contributed by atoms with E-state index in [1.165, 1.54) is 25.3 Å². The van der Waals surface area contributed by atoms with E-state index in [9.17, 15) is 156 Å². The standard InChI is InChI=1S/C59H97NO41S2.C29H48N3O8PS/c1-19(66)3-5-86-7-8-87-6-4-21(67)9-20(51(82)83)15-102-17-28-49-35(73)42(80)58(93-28)98-47-26(13-64)89-55(38(76)31(47)69)97-46-25(12-63)92-57(41(79)34(46)72)101-50-29(18-103-16-22(60-2)52(84)85)94-59(43(81)36(50)74)99-48-27(14-65)90-54(39(77)32(48)70)95-44-23(10-61)88-53(37(75)30(44)68)96-45-24(11-62)91-56(100-49)40(78)33(45)71;1-17-8-7-9-29(6)23(40-29)13-21(39-25(34)14-22(33)28(4,5)27(36)19(3)26(17)35)18(2)12-20-16-42-24(32-20)15-31-41(37,38)11-10-30/h20,22-50,53-65,68-81H,3-18H2,1-2H3,(H,82,83)(H,84,85);12,16-17,19,21-23,26,33,35H,7-11,13-15,30H2,1-6H3,(H2,31,37,38)/b;18-12+/t20-,22-,23?,24?,25?,26?,27?,28?,29?,30-,31-,32-,33-,34-,35-,36-,37?,38?,39?,40?,41?,42?,43?,44-,45-,46-,47-,48-,49-,50-,53-,54-,55+,56+,57+,58-,59+;17-,19+,21?,22-,23-,26-,29+/m11/s1. The first-order valence-corrected chi connectivity index (χ1v) is 52.9. The number of carbonyl (C=O) groups excluding carboxylic acids is 4. The van der Waals surface area contributed by atoms with E-state index in [2.05, 4.69) is 15.4 Å². The molecule has 1 aromatic rings.